The first kappa shape index (κ1) is 33.3. The third-order valence-corrected chi connectivity index (χ3v) is 8.75. The summed E-state index contributed by atoms with van der Waals surface area (Å²) in [5, 5.41) is 5.44. The normalized spacial score (nSPS) is 13.5. The van der Waals surface area contributed by atoms with E-state index in [9.17, 15) is 22.8 Å². The highest BCUT2D eigenvalue weighted by Crippen LogP contribution is 2.30. The maximum absolute atomic E-state index is 12.6. The van der Waals surface area contributed by atoms with Crippen LogP contribution in [0.15, 0.2) is 46.3 Å². The molecule has 0 spiro atoms. The van der Waals surface area contributed by atoms with Gasteiger partial charge in [0.2, 0.25) is 11.8 Å². The van der Waals surface area contributed by atoms with Crippen molar-refractivity contribution in [3.05, 3.63) is 63.1 Å². The van der Waals surface area contributed by atoms with E-state index in [1.807, 2.05) is 24.3 Å². The fraction of sp³-hybridized carbons (Fsp3) is 0.429. The molecule has 0 bridgehead atoms. The molecule has 2 N–H and O–H groups in total. The highest BCUT2D eigenvalue weighted by atomic mass is 35.5. The fourth-order valence-corrected chi connectivity index (χ4v) is 5.89. The van der Waals surface area contributed by atoms with Crippen molar-refractivity contribution in [3.8, 4) is 0 Å². The van der Waals surface area contributed by atoms with E-state index in [4.69, 9.17) is 27.9 Å². The topological polar surface area (TPSA) is 137 Å². The van der Waals surface area contributed by atoms with Gasteiger partial charge >= 0.3 is 6.09 Å². The van der Waals surface area contributed by atoms with Crippen molar-refractivity contribution in [2.75, 3.05) is 39.1 Å². The molecule has 2 aromatic carbocycles. The average molecular weight is 641 g/mol. The van der Waals surface area contributed by atoms with Gasteiger partial charge in [0, 0.05) is 24.2 Å². The van der Waals surface area contributed by atoms with Gasteiger partial charge < -0.3 is 15.0 Å². The minimum absolute atomic E-state index is 0.0343. The van der Waals surface area contributed by atoms with Crippen molar-refractivity contribution >= 4 is 56.8 Å². The van der Waals surface area contributed by atoms with E-state index >= 15 is 0 Å². The summed E-state index contributed by atoms with van der Waals surface area (Å²) in [6.07, 6.45) is -0.451. The average Bonchev–Trinajstić information content (AvgIpc) is 3.40. The molecule has 14 heteroatoms. The zero-order chi connectivity index (χ0) is 31.2. The molecule has 2 aromatic rings. The van der Waals surface area contributed by atoms with E-state index in [1.165, 1.54) is 21.9 Å². The van der Waals surface area contributed by atoms with Gasteiger partial charge in [-0.05, 0) is 51.0 Å². The second kappa shape index (κ2) is 13.9. The number of nitrogens with one attached hydrogen (secondary N) is 2. The first-order chi connectivity index (χ1) is 19.6. The first-order valence-electron chi connectivity index (χ1n) is 13.1. The van der Waals surface area contributed by atoms with Crippen LogP contribution >= 0.6 is 23.2 Å². The quantitative estimate of drug-likeness (QED) is 0.406. The molecule has 0 aromatic heterocycles. The van der Waals surface area contributed by atoms with Gasteiger partial charge in [0.05, 0.1) is 36.1 Å². The second-order valence-corrected chi connectivity index (χ2v) is 13.5. The number of hydrogen-bond donors (Lipinski definition) is 2. The molecule has 11 nitrogen and oxygen atoms in total. The van der Waals surface area contributed by atoms with Crippen LogP contribution in [-0.4, -0.2) is 86.7 Å². The lowest BCUT2D eigenvalue weighted by Crippen LogP contribution is -2.42. The number of halogens is 2. The number of nitrogens with zero attached hydrogens (tertiary/aromatic N) is 3. The Morgan fingerprint density at radius 1 is 1.07 bits per heavy atom. The van der Waals surface area contributed by atoms with Crippen LogP contribution < -0.4 is 10.6 Å². The standard InChI is InChI=1S/C28H35Cl2N5O6S/c1-18-21(29)10-11-22(25(18)30)42(39,40)17-31-14-23(36)33-15-24(37)34(5)16-19-6-8-20(9-7-19)26-32-12-13-35(26)27(38)41-28(2,3)4/h6-11,31H,12-17H2,1-5H3,(H,33,36). The molecular formula is C28H35Cl2N5O6S. The number of benzene rings is 2. The van der Waals surface area contributed by atoms with Gasteiger partial charge in [-0.15, -0.1) is 0 Å². The zero-order valence-electron chi connectivity index (χ0n) is 24.2. The molecule has 1 aliphatic rings. The smallest absolute Gasteiger partial charge is 0.416 e. The Morgan fingerprint density at radius 2 is 1.74 bits per heavy atom. The summed E-state index contributed by atoms with van der Waals surface area (Å²) in [5.74, 6) is -0.857. The number of aliphatic imine (C=N–C) groups is 1. The molecule has 1 heterocycles. The maximum atomic E-state index is 12.6. The van der Waals surface area contributed by atoms with Gasteiger partial charge in [-0.3, -0.25) is 24.8 Å². The lowest BCUT2D eigenvalue weighted by Gasteiger charge is -2.25. The molecule has 0 unspecified atom stereocenters. The van der Waals surface area contributed by atoms with Crippen molar-refractivity contribution < 1.29 is 27.5 Å². The summed E-state index contributed by atoms with van der Waals surface area (Å²) in [4.78, 5) is 44.6. The van der Waals surface area contributed by atoms with Gasteiger partial charge in [-0.1, -0.05) is 47.5 Å². The Balaban J connectivity index is 1.45. The first-order valence-corrected chi connectivity index (χ1v) is 15.5. The Hall–Kier alpha value is -3.19. The number of carbonyl (C=O) groups excluding carboxylic acids is 3. The van der Waals surface area contributed by atoms with Crippen LogP contribution in [0.2, 0.25) is 10.0 Å². The number of hydrogen-bond acceptors (Lipinski definition) is 8. The number of amidine groups is 1. The third-order valence-electron chi connectivity index (χ3n) is 6.15. The maximum Gasteiger partial charge on any atom is 0.416 e. The largest absolute Gasteiger partial charge is 0.443 e. The van der Waals surface area contributed by atoms with Crippen molar-refractivity contribution in [2.24, 2.45) is 4.99 Å². The summed E-state index contributed by atoms with van der Waals surface area (Å²) in [6.45, 7) is 7.67. The van der Waals surface area contributed by atoms with E-state index in [-0.39, 0.29) is 35.5 Å². The predicted molar refractivity (Wildman–Crippen MR) is 162 cm³/mol. The Bertz CT molecular complexity index is 1470. The van der Waals surface area contributed by atoms with E-state index in [0.717, 1.165) is 11.1 Å². The van der Waals surface area contributed by atoms with Gasteiger partial charge in [0.25, 0.3) is 0 Å². The van der Waals surface area contributed by atoms with Crippen LogP contribution in [0.1, 0.15) is 37.5 Å². The second-order valence-electron chi connectivity index (χ2n) is 10.7. The Kier molecular flexibility index (Phi) is 11.0. The van der Waals surface area contributed by atoms with Gasteiger partial charge in [-0.2, -0.15) is 0 Å². The molecule has 1 aliphatic heterocycles. The predicted octanol–water partition coefficient (Wildman–Crippen LogP) is 3.39. The van der Waals surface area contributed by atoms with Crippen LogP contribution in [0, 0.1) is 6.92 Å². The number of likely N-dealkylation sites (N-methyl/N-ethyl adjacent to an activating group) is 1. The van der Waals surface area contributed by atoms with Gasteiger partial charge in [0.1, 0.15) is 17.3 Å². The van der Waals surface area contributed by atoms with E-state index in [0.29, 0.717) is 29.5 Å². The Labute approximate surface area is 256 Å². The summed E-state index contributed by atoms with van der Waals surface area (Å²) in [6, 6.07) is 10.1. The van der Waals surface area contributed by atoms with E-state index in [2.05, 4.69) is 15.6 Å². The van der Waals surface area contributed by atoms with Crippen LogP contribution in [0.4, 0.5) is 4.79 Å². The van der Waals surface area contributed by atoms with Crippen molar-refractivity contribution in [3.63, 3.8) is 0 Å². The molecule has 3 amide bonds. The monoisotopic (exact) mass is 639 g/mol. The van der Waals surface area contributed by atoms with Crippen molar-refractivity contribution in [1.29, 1.82) is 0 Å². The molecule has 0 saturated heterocycles. The fourth-order valence-electron chi connectivity index (χ4n) is 3.94. The highest BCUT2D eigenvalue weighted by Gasteiger charge is 2.29. The lowest BCUT2D eigenvalue weighted by molar-refractivity contribution is -0.132. The van der Waals surface area contributed by atoms with Gasteiger partial charge in [-0.25, -0.2) is 13.2 Å². The van der Waals surface area contributed by atoms with Crippen LogP contribution in [0.25, 0.3) is 0 Å². The zero-order valence-corrected chi connectivity index (χ0v) is 26.5. The molecule has 0 radical (unpaired) electrons. The molecule has 42 heavy (non-hydrogen) atoms. The number of amides is 3. The number of rotatable bonds is 10. The molecule has 0 atom stereocenters. The molecular weight excluding hydrogens is 605 g/mol. The summed E-state index contributed by atoms with van der Waals surface area (Å²) < 4.78 is 30.7. The van der Waals surface area contributed by atoms with Gasteiger partial charge in [0.15, 0.2) is 9.84 Å². The van der Waals surface area contributed by atoms with Crippen molar-refractivity contribution in [1.82, 2.24) is 20.4 Å². The number of ether oxygens (including phenoxy) is 1. The SMILES string of the molecule is Cc1c(Cl)ccc(S(=O)(=O)CNCC(=O)NCC(=O)N(C)Cc2ccc(C3=NCCN3C(=O)OC(C)(C)C)cc2)c1Cl. The summed E-state index contributed by atoms with van der Waals surface area (Å²) in [5.41, 5.74) is 1.43. The third kappa shape index (κ3) is 8.90. The van der Waals surface area contributed by atoms with E-state index < -0.39 is 33.3 Å². The van der Waals surface area contributed by atoms with Crippen molar-refractivity contribution in [2.45, 2.75) is 44.7 Å². The van der Waals surface area contributed by atoms with Crippen LogP contribution in [-0.2, 0) is 30.7 Å². The number of carbonyl (C=O) groups is 3. The van der Waals surface area contributed by atoms with E-state index in [1.54, 1.807) is 34.7 Å². The molecule has 0 saturated carbocycles. The molecule has 228 valence electrons. The Morgan fingerprint density at radius 3 is 2.38 bits per heavy atom. The molecule has 3 rings (SSSR count). The minimum atomic E-state index is -3.82. The highest BCUT2D eigenvalue weighted by molar-refractivity contribution is 7.91. The minimum Gasteiger partial charge on any atom is -0.443 e. The van der Waals surface area contributed by atoms with Crippen LogP contribution in [0.3, 0.4) is 0 Å². The summed E-state index contributed by atoms with van der Waals surface area (Å²) >= 11 is 12.1. The number of sulfone groups is 1. The lowest BCUT2D eigenvalue weighted by atomic mass is 10.1. The van der Waals surface area contributed by atoms with Crippen LogP contribution in [0.5, 0.6) is 0 Å². The molecule has 0 aliphatic carbocycles. The summed E-state index contributed by atoms with van der Waals surface area (Å²) in [7, 11) is -2.21. The molecule has 0 fully saturated rings.